The third-order valence-electron chi connectivity index (χ3n) is 3.60. The van der Waals surface area contributed by atoms with Gasteiger partial charge < -0.3 is 16.5 Å². The molecular formula is C18H16FN5. The molecule has 0 aliphatic heterocycles. The van der Waals surface area contributed by atoms with Gasteiger partial charge in [-0.15, -0.1) is 0 Å². The summed E-state index contributed by atoms with van der Waals surface area (Å²) in [7, 11) is 0. The van der Waals surface area contributed by atoms with E-state index in [-0.39, 0.29) is 5.82 Å². The fourth-order valence-corrected chi connectivity index (χ4v) is 2.30. The lowest BCUT2D eigenvalue weighted by molar-refractivity contribution is 0.627. The Morgan fingerprint density at radius 3 is 2.67 bits per heavy atom. The predicted octanol–water partition coefficient (Wildman–Crippen LogP) is 3.33. The number of hydrogen-bond donors (Lipinski definition) is 3. The Labute approximate surface area is 138 Å². The maximum Gasteiger partial charge on any atom is 0.145 e. The van der Waals surface area contributed by atoms with E-state index >= 15 is 0 Å². The van der Waals surface area contributed by atoms with E-state index < -0.39 is 0 Å². The average molecular weight is 321 g/mol. The Morgan fingerprint density at radius 2 is 1.96 bits per heavy atom. The normalized spacial score (nSPS) is 11.5. The number of fused-ring (bicyclic) bond motifs is 1. The van der Waals surface area contributed by atoms with E-state index in [2.05, 4.69) is 15.3 Å². The first-order valence-electron chi connectivity index (χ1n) is 7.37. The molecule has 0 bridgehead atoms. The summed E-state index contributed by atoms with van der Waals surface area (Å²) in [6.45, 7) is 0.534. The first kappa shape index (κ1) is 15.6. The molecule has 3 rings (SSSR count). The van der Waals surface area contributed by atoms with Crippen molar-refractivity contribution in [1.82, 2.24) is 9.97 Å². The zero-order chi connectivity index (χ0) is 16.9. The summed E-state index contributed by atoms with van der Waals surface area (Å²) >= 11 is 0. The van der Waals surface area contributed by atoms with Gasteiger partial charge in [0.1, 0.15) is 11.6 Å². The summed E-state index contributed by atoms with van der Waals surface area (Å²) in [5.41, 5.74) is 9.37. The summed E-state index contributed by atoms with van der Waals surface area (Å²) in [6.07, 6.45) is 4.24. The Balaban J connectivity index is 1.80. The van der Waals surface area contributed by atoms with Crippen molar-refractivity contribution in [3.05, 3.63) is 71.8 Å². The minimum absolute atomic E-state index is 0.254. The molecule has 0 amide bonds. The number of benzene rings is 2. The molecule has 120 valence electrons. The van der Waals surface area contributed by atoms with Crippen LogP contribution in [0.15, 0.2) is 54.9 Å². The zero-order valence-corrected chi connectivity index (χ0v) is 12.8. The number of anilines is 1. The van der Waals surface area contributed by atoms with Gasteiger partial charge in [0.15, 0.2) is 0 Å². The van der Waals surface area contributed by atoms with Gasteiger partial charge in [-0.2, -0.15) is 0 Å². The van der Waals surface area contributed by atoms with Crippen LogP contribution in [-0.4, -0.2) is 16.2 Å². The van der Waals surface area contributed by atoms with Gasteiger partial charge in [0, 0.05) is 24.5 Å². The summed E-state index contributed by atoms with van der Waals surface area (Å²) < 4.78 is 12.9. The highest BCUT2D eigenvalue weighted by molar-refractivity contribution is 6.08. The van der Waals surface area contributed by atoms with E-state index in [9.17, 15) is 4.39 Å². The van der Waals surface area contributed by atoms with Crippen molar-refractivity contribution in [2.45, 2.75) is 6.54 Å². The van der Waals surface area contributed by atoms with Crippen LogP contribution in [-0.2, 0) is 6.54 Å². The minimum atomic E-state index is -0.254. The molecule has 0 radical (unpaired) electrons. The second kappa shape index (κ2) is 6.87. The average Bonchev–Trinajstić information content (AvgIpc) is 2.62. The molecule has 1 heterocycles. The second-order valence-corrected chi connectivity index (χ2v) is 5.21. The van der Waals surface area contributed by atoms with Gasteiger partial charge in [-0.1, -0.05) is 18.2 Å². The third kappa shape index (κ3) is 3.38. The molecule has 1 aromatic heterocycles. The SMILES string of the molecule is N=C/C(=C\N)c1ccc2nc(NCc3ccc(F)cc3)cnc2c1. The molecular weight excluding hydrogens is 305 g/mol. The number of nitrogens with two attached hydrogens (primary N) is 1. The fourth-order valence-electron chi connectivity index (χ4n) is 2.30. The summed E-state index contributed by atoms with van der Waals surface area (Å²) in [6, 6.07) is 11.8. The second-order valence-electron chi connectivity index (χ2n) is 5.21. The van der Waals surface area contributed by atoms with Crippen molar-refractivity contribution in [3.63, 3.8) is 0 Å². The van der Waals surface area contributed by atoms with Gasteiger partial charge in [0.05, 0.1) is 17.2 Å². The Kier molecular flexibility index (Phi) is 4.47. The first-order chi connectivity index (χ1) is 11.7. The van der Waals surface area contributed by atoms with Gasteiger partial charge in [-0.25, -0.2) is 9.37 Å². The van der Waals surface area contributed by atoms with Gasteiger partial charge in [0.2, 0.25) is 0 Å². The van der Waals surface area contributed by atoms with Gasteiger partial charge in [-0.3, -0.25) is 4.98 Å². The van der Waals surface area contributed by atoms with Crippen LogP contribution in [0.4, 0.5) is 10.2 Å². The Hall–Kier alpha value is -3.28. The maximum atomic E-state index is 12.9. The zero-order valence-electron chi connectivity index (χ0n) is 12.8. The number of nitrogens with one attached hydrogen (secondary N) is 2. The van der Waals surface area contributed by atoms with Crippen molar-refractivity contribution >= 4 is 28.6 Å². The van der Waals surface area contributed by atoms with Crippen LogP contribution in [0.5, 0.6) is 0 Å². The van der Waals surface area contributed by atoms with Crippen LogP contribution >= 0.6 is 0 Å². The quantitative estimate of drug-likeness (QED) is 0.629. The van der Waals surface area contributed by atoms with Crippen molar-refractivity contribution in [1.29, 1.82) is 5.41 Å². The van der Waals surface area contributed by atoms with Crippen molar-refractivity contribution in [2.24, 2.45) is 5.73 Å². The number of aromatic nitrogens is 2. The van der Waals surface area contributed by atoms with E-state index in [0.29, 0.717) is 17.9 Å². The molecule has 6 heteroatoms. The topological polar surface area (TPSA) is 87.7 Å². The lowest BCUT2D eigenvalue weighted by atomic mass is 10.1. The van der Waals surface area contributed by atoms with Crippen molar-refractivity contribution in [3.8, 4) is 0 Å². The molecule has 0 atom stereocenters. The highest BCUT2D eigenvalue weighted by atomic mass is 19.1. The van der Waals surface area contributed by atoms with Crippen LogP contribution in [0.25, 0.3) is 16.6 Å². The summed E-state index contributed by atoms with van der Waals surface area (Å²) in [4.78, 5) is 8.90. The standard InChI is InChI=1S/C18H16FN5/c19-15-4-1-12(2-5-15)10-23-18-11-22-17-7-13(14(8-20)9-21)3-6-16(17)24-18/h1-9,11,20H,10,21H2,(H,23,24)/b14-9+,20-8?. The van der Waals surface area contributed by atoms with Gasteiger partial charge in [-0.05, 0) is 35.4 Å². The molecule has 0 fully saturated rings. The Bertz CT molecular complexity index is 903. The number of allylic oxidation sites excluding steroid dienone is 1. The molecule has 24 heavy (non-hydrogen) atoms. The van der Waals surface area contributed by atoms with Crippen LogP contribution < -0.4 is 11.1 Å². The molecule has 0 spiro atoms. The minimum Gasteiger partial charge on any atom is -0.404 e. The molecule has 0 aliphatic carbocycles. The maximum absolute atomic E-state index is 12.9. The van der Waals surface area contributed by atoms with Crippen molar-refractivity contribution < 1.29 is 4.39 Å². The van der Waals surface area contributed by atoms with E-state index in [0.717, 1.165) is 22.2 Å². The summed E-state index contributed by atoms with van der Waals surface area (Å²) in [5.74, 6) is 0.386. The molecule has 4 N–H and O–H groups in total. The van der Waals surface area contributed by atoms with Gasteiger partial charge >= 0.3 is 0 Å². The summed E-state index contributed by atoms with van der Waals surface area (Å²) in [5, 5.41) is 10.5. The van der Waals surface area contributed by atoms with Gasteiger partial charge in [0.25, 0.3) is 0 Å². The molecule has 5 nitrogen and oxygen atoms in total. The molecule has 0 saturated heterocycles. The van der Waals surface area contributed by atoms with Crippen molar-refractivity contribution in [2.75, 3.05) is 5.32 Å². The monoisotopic (exact) mass is 321 g/mol. The first-order valence-corrected chi connectivity index (χ1v) is 7.37. The van der Waals surface area contributed by atoms with E-state index in [1.165, 1.54) is 24.5 Å². The fraction of sp³-hybridized carbons (Fsp3) is 0.0556. The van der Waals surface area contributed by atoms with E-state index in [4.69, 9.17) is 11.1 Å². The van der Waals surface area contributed by atoms with E-state index in [1.54, 1.807) is 18.3 Å². The molecule has 2 aromatic carbocycles. The lowest BCUT2D eigenvalue weighted by Gasteiger charge is -2.07. The molecule has 0 aliphatic rings. The molecule has 0 saturated carbocycles. The van der Waals surface area contributed by atoms with Crippen LogP contribution in [0.3, 0.4) is 0 Å². The number of rotatable bonds is 5. The van der Waals surface area contributed by atoms with Crippen LogP contribution in [0.2, 0.25) is 0 Å². The third-order valence-corrected chi connectivity index (χ3v) is 3.60. The predicted molar refractivity (Wildman–Crippen MR) is 94.2 cm³/mol. The number of halogens is 1. The highest BCUT2D eigenvalue weighted by Gasteiger charge is 2.04. The van der Waals surface area contributed by atoms with Crippen LogP contribution in [0, 0.1) is 11.2 Å². The van der Waals surface area contributed by atoms with Crippen LogP contribution in [0.1, 0.15) is 11.1 Å². The molecule has 3 aromatic rings. The lowest BCUT2D eigenvalue weighted by Crippen LogP contribution is -2.02. The number of hydrogen-bond acceptors (Lipinski definition) is 5. The van der Waals surface area contributed by atoms with E-state index in [1.807, 2.05) is 18.2 Å². The smallest absolute Gasteiger partial charge is 0.145 e. The highest BCUT2D eigenvalue weighted by Crippen LogP contribution is 2.19. The number of nitrogens with zero attached hydrogens (tertiary/aromatic N) is 2. The largest absolute Gasteiger partial charge is 0.404 e. The Morgan fingerprint density at radius 1 is 1.17 bits per heavy atom. The molecule has 0 unspecified atom stereocenters.